The number of aryl methyl sites for hydroxylation is 1. The van der Waals surface area contributed by atoms with Crippen molar-refractivity contribution in [3.05, 3.63) is 77.9 Å². The number of amides is 3. The van der Waals surface area contributed by atoms with Crippen LogP contribution >= 0.6 is 0 Å². The van der Waals surface area contributed by atoms with Crippen LogP contribution in [0.5, 0.6) is 0 Å². The topological polar surface area (TPSA) is 108 Å². The Morgan fingerprint density at radius 2 is 1.81 bits per heavy atom. The highest BCUT2D eigenvalue weighted by molar-refractivity contribution is 5.99. The lowest BCUT2D eigenvalue weighted by Crippen LogP contribution is -2.53. The largest absolute Gasteiger partial charge is 0.444 e. The summed E-state index contributed by atoms with van der Waals surface area (Å²) in [5.74, 6) is 1.35. The predicted octanol–water partition coefficient (Wildman–Crippen LogP) is 3.56. The van der Waals surface area contributed by atoms with Crippen LogP contribution in [0, 0.1) is 19.3 Å². The first-order valence-electron chi connectivity index (χ1n) is 11.5. The van der Waals surface area contributed by atoms with E-state index in [9.17, 15) is 19.5 Å². The number of nitrogens with one attached hydrogen (secondary N) is 2. The van der Waals surface area contributed by atoms with Gasteiger partial charge in [0.15, 0.2) is 0 Å². The van der Waals surface area contributed by atoms with Crippen LogP contribution in [0.1, 0.15) is 43.5 Å². The first kappa shape index (κ1) is 28.1. The van der Waals surface area contributed by atoms with Crippen molar-refractivity contribution >= 4 is 23.6 Å². The number of hydrogen-bond acceptors (Lipinski definition) is 5. The summed E-state index contributed by atoms with van der Waals surface area (Å²) in [6, 6.07) is 11.4. The maximum atomic E-state index is 13.6. The number of para-hydroxylation sites is 1. The quantitative estimate of drug-likeness (QED) is 0.367. The van der Waals surface area contributed by atoms with Gasteiger partial charge in [-0.25, -0.2) is 4.79 Å². The Kier molecular flexibility index (Phi) is 9.83. The Morgan fingerprint density at radius 1 is 1.17 bits per heavy atom. The van der Waals surface area contributed by atoms with Crippen LogP contribution < -0.4 is 10.6 Å². The number of terminal acetylenes is 1. The highest BCUT2D eigenvalue weighted by Gasteiger charge is 2.35. The molecule has 3 amide bonds. The van der Waals surface area contributed by atoms with Gasteiger partial charge < -0.3 is 25.4 Å². The minimum atomic E-state index is -1.35. The zero-order chi connectivity index (χ0) is 26.9. The number of carbonyl (C=O) groups excluding carboxylic acids is 3. The second-order valence-electron chi connectivity index (χ2n) is 9.13. The van der Waals surface area contributed by atoms with E-state index < -0.39 is 42.2 Å². The SMILES string of the molecule is C#Cc1ccc(C(C(=O)Nc2ccccc2C)N(CC=C)C(=O)C(CO)NC(=O)OC(C)(C)C)cc1. The number of aliphatic hydroxyl groups is 1. The minimum absolute atomic E-state index is 0.0337. The van der Waals surface area contributed by atoms with Crippen LogP contribution in [0.3, 0.4) is 0 Å². The molecule has 2 unspecified atom stereocenters. The minimum Gasteiger partial charge on any atom is -0.444 e. The molecule has 0 aliphatic carbocycles. The third-order valence-electron chi connectivity index (χ3n) is 5.14. The van der Waals surface area contributed by atoms with Crippen molar-refractivity contribution in [3.8, 4) is 12.3 Å². The lowest BCUT2D eigenvalue weighted by Gasteiger charge is -2.33. The molecule has 0 aliphatic rings. The van der Waals surface area contributed by atoms with Gasteiger partial charge in [0.25, 0.3) is 5.91 Å². The Morgan fingerprint density at radius 3 is 2.33 bits per heavy atom. The third-order valence-corrected chi connectivity index (χ3v) is 5.14. The number of benzene rings is 2. The number of ether oxygens (including phenoxy) is 1. The molecule has 0 bridgehead atoms. The van der Waals surface area contributed by atoms with E-state index in [2.05, 4.69) is 23.1 Å². The summed E-state index contributed by atoms with van der Waals surface area (Å²) in [6.45, 7) is 9.87. The summed E-state index contributed by atoms with van der Waals surface area (Å²) in [4.78, 5) is 40.7. The first-order valence-corrected chi connectivity index (χ1v) is 11.5. The molecule has 8 heteroatoms. The van der Waals surface area contributed by atoms with E-state index in [4.69, 9.17) is 11.2 Å². The normalized spacial score (nSPS) is 12.4. The second-order valence-corrected chi connectivity index (χ2v) is 9.13. The van der Waals surface area contributed by atoms with Crippen LogP contribution in [0.15, 0.2) is 61.2 Å². The van der Waals surface area contributed by atoms with Crippen molar-refractivity contribution in [1.29, 1.82) is 0 Å². The molecule has 36 heavy (non-hydrogen) atoms. The van der Waals surface area contributed by atoms with Crippen molar-refractivity contribution < 1.29 is 24.2 Å². The van der Waals surface area contributed by atoms with Crippen LogP contribution in [0.4, 0.5) is 10.5 Å². The van der Waals surface area contributed by atoms with E-state index in [0.29, 0.717) is 16.8 Å². The van der Waals surface area contributed by atoms with Gasteiger partial charge in [-0.3, -0.25) is 9.59 Å². The van der Waals surface area contributed by atoms with E-state index in [1.807, 2.05) is 19.1 Å². The number of alkyl carbamates (subject to hydrolysis) is 1. The van der Waals surface area contributed by atoms with Gasteiger partial charge in [-0.1, -0.05) is 42.3 Å². The maximum absolute atomic E-state index is 13.6. The van der Waals surface area contributed by atoms with Gasteiger partial charge in [0.1, 0.15) is 17.7 Å². The highest BCUT2D eigenvalue weighted by atomic mass is 16.6. The van der Waals surface area contributed by atoms with E-state index in [1.165, 1.54) is 11.0 Å². The lowest BCUT2D eigenvalue weighted by molar-refractivity contribution is -0.140. The van der Waals surface area contributed by atoms with Crippen molar-refractivity contribution in [2.45, 2.75) is 45.4 Å². The summed E-state index contributed by atoms with van der Waals surface area (Å²) in [7, 11) is 0. The predicted molar refractivity (Wildman–Crippen MR) is 139 cm³/mol. The van der Waals surface area contributed by atoms with E-state index in [1.54, 1.807) is 57.2 Å². The molecule has 0 heterocycles. The molecule has 190 valence electrons. The summed E-state index contributed by atoms with van der Waals surface area (Å²) in [6.07, 6.45) is 6.07. The number of aliphatic hydroxyl groups excluding tert-OH is 1. The Bertz CT molecular complexity index is 1130. The highest BCUT2D eigenvalue weighted by Crippen LogP contribution is 2.26. The van der Waals surface area contributed by atoms with Gasteiger partial charge >= 0.3 is 6.09 Å². The molecule has 0 saturated carbocycles. The molecule has 3 N–H and O–H groups in total. The zero-order valence-electron chi connectivity index (χ0n) is 21.1. The fourth-order valence-corrected chi connectivity index (χ4v) is 3.45. The zero-order valence-corrected chi connectivity index (χ0v) is 21.1. The van der Waals surface area contributed by atoms with Gasteiger partial charge in [-0.15, -0.1) is 13.0 Å². The van der Waals surface area contributed by atoms with E-state index >= 15 is 0 Å². The first-order chi connectivity index (χ1) is 17.0. The number of hydrogen-bond donors (Lipinski definition) is 3. The number of rotatable bonds is 9. The molecule has 2 atom stereocenters. The number of nitrogens with zero attached hydrogens (tertiary/aromatic N) is 1. The van der Waals surface area contributed by atoms with Crippen molar-refractivity contribution in [2.75, 3.05) is 18.5 Å². The molecule has 8 nitrogen and oxygen atoms in total. The van der Waals surface area contributed by atoms with Crippen LogP contribution in [0.25, 0.3) is 0 Å². The third kappa shape index (κ3) is 7.72. The van der Waals surface area contributed by atoms with Gasteiger partial charge in [0, 0.05) is 17.8 Å². The smallest absolute Gasteiger partial charge is 0.408 e. The molecule has 2 aromatic rings. The molecule has 0 aliphatic heterocycles. The molecule has 2 rings (SSSR count). The molecule has 0 radical (unpaired) electrons. The van der Waals surface area contributed by atoms with Crippen molar-refractivity contribution in [1.82, 2.24) is 10.2 Å². The summed E-state index contributed by atoms with van der Waals surface area (Å²) in [5.41, 5.74) is 1.73. The van der Waals surface area contributed by atoms with Crippen LogP contribution in [0.2, 0.25) is 0 Å². The monoisotopic (exact) mass is 491 g/mol. The number of carbonyl (C=O) groups is 3. The molecular formula is C28H33N3O5. The lowest BCUT2D eigenvalue weighted by atomic mass is 10.0. The molecule has 0 saturated heterocycles. The van der Waals surface area contributed by atoms with Gasteiger partial charge in [-0.05, 0) is 57.0 Å². The molecular weight excluding hydrogens is 458 g/mol. The molecule has 0 fully saturated rings. The number of anilines is 1. The standard InChI is InChI=1S/C28H33N3O5/c1-7-17-31(26(34)23(18-32)30-27(35)36-28(4,5)6)24(21-15-13-20(8-2)14-16-21)25(33)29-22-12-10-9-11-19(22)3/h2,7,9-16,23-24,32H,1,17-18H2,3-6H3,(H,29,33)(H,30,35). The molecule has 0 aromatic heterocycles. The van der Waals surface area contributed by atoms with E-state index in [0.717, 1.165) is 5.56 Å². The summed E-state index contributed by atoms with van der Waals surface area (Å²) < 4.78 is 5.22. The van der Waals surface area contributed by atoms with Crippen molar-refractivity contribution in [2.24, 2.45) is 0 Å². The van der Waals surface area contributed by atoms with Gasteiger partial charge in [-0.2, -0.15) is 0 Å². The van der Waals surface area contributed by atoms with Gasteiger partial charge in [0.05, 0.1) is 6.61 Å². The Balaban J connectivity index is 2.47. The van der Waals surface area contributed by atoms with Crippen LogP contribution in [-0.4, -0.2) is 52.7 Å². The average Bonchev–Trinajstić information content (AvgIpc) is 2.82. The maximum Gasteiger partial charge on any atom is 0.408 e. The van der Waals surface area contributed by atoms with Crippen LogP contribution in [-0.2, 0) is 14.3 Å². The molecule has 2 aromatic carbocycles. The summed E-state index contributed by atoms with van der Waals surface area (Å²) >= 11 is 0. The Hall–Kier alpha value is -4.09. The van der Waals surface area contributed by atoms with Gasteiger partial charge in [0.2, 0.25) is 5.91 Å². The Labute approximate surface area is 212 Å². The fraction of sp³-hybridized carbons (Fsp3) is 0.321. The van der Waals surface area contributed by atoms with Crippen molar-refractivity contribution in [3.63, 3.8) is 0 Å². The van der Waals surface area contributed by atoms with E-state index in [-0.39, 0.29) is 6.54 Å². The second kappa shape index (κ2) is 12.6. The fourth-order valence-electron chi connectivity index (χ4n) is 3.45. The summed E-state index contributed by atoms with van der Waals surface area (Å²) in [5, 5.41) is 15.2. The average molecular weight is 492 g/mol. The molecule has 0 spiro atoms.